The summed E-state index contributed by atoms with van der Waals surface area (Å²) in [6.07, 6.45) is 9.10. The van der Waals surface area contributed by atoms with Gasteiger partial charge in [0.2, 0.25) is 0 Å². The summed E-state index contributed by atoms with van der Waals surface area (Å²) < 4.78 is 11.6. The van der Waals surface area contributed by atoms with E-state index in [0.29, 0.717) is 5.41 Å². The van der Waals surface area contributed by atoms with Gasteiger partial charge in [0.25, 0.3) is 0 Å². The van der Waals surface area contributed by atoms with Crippen LogP contribution in [0, 0.1) is 46.3 Å². The fraction of sp³-hybridized carbons (Fsp3) is 0.957. The zero-order chi connectivity index (χ0) is 18.7. The molecule has 26 heavy (non-hydrogen) atoms. The molecule has 0 spiro atoms. The van der Waals surface area contributed by atoms with E-state index < -0.39 is 0 Å². The van der Waals surface area contributed by atoms with Gasteiger partial charge in [0.15, 0.2) is 6.79 Å². The molecule has 8 unspecified atom stereocenters. The van der Waals surface area contributed by atoms with E-state index in [1.54, 1.807) is 0 Å². The lowest BCUT2D eigenvalue weighted by Gasteiger charge is -2.38. The van der Waals surface area contributed by atoms with Crippen molar-refractivity contribution in [3.8, 4) is 0 Å². The molecule has 4 saturated carbocycles. The van der Waals surface area contributed by atoms with Crippen LogP contribution >= 0.6 is 0 Å². The van der Waals surface area contributed by atoms with Crippen LogP contribution in [0.15, 0.2) is 0 Å². The third kappa shape index (κ3) is 2.75. The summed E-state index contributed by atoms with van der Waals surface area (Å²) in [5, 5.41) is 0. The molecular formula is C23H38O3. The molecule has 4 bridgehead atoms. The smallest absolute Gasteiger partial charge is 0.310 e. The SMILES string of the molecule is CC(CC1C2CCC(C2)C1C)C(=O)OCOC1CC2CCC1(C)C2(C)C. The van der Waals surface area contributed by atoms with Crippen molar-refractivity contribution >= 4 is 5.97 Å². The van der Waals surface area contributed by atoms with Crippen molar-refractivity contribution in [1.29, 1.82) is 0 Å². The molecule has 148 valence electrons. The van der Waals surface area contributed by atoms with Gasteiger partial charge in [-0.05, 0) is 85.4 Å². The molecule has 8 atom stereocenters. The predicted octanol–water partition coefficient (Wildman–Crippen LogP) is 5.43. The summed E-state index contributed by atoms with van der Waals surface area (Å²) >= 11 is 0. The lowest BCUT2D eigenvalue weighted by Crippen LogP contribution is -2.37. The molecule has 4 rings (SSSR count). The van der Waals surface area contributed by atoms with E-state index >= 15 is 0 Å². The molecule has 0 aromatic carbocycles. The van der Waals surface area contributed by atoms with Crippen molar-refractivity contribution in [3.05, 3.63) is 0 Å². The largest absolute Gasteiger partial charge is 0.438 e. The Morgan fingerprint density at radius 2 is 1.85 bits per heavy atom. The molecule has 0 heterocycles. The highest BCUT2D eigenvalue weighted by Crippen LogP contribution is 2.66. The Balaban J connectivity index is 1.23. The van der Waals surface area contributed by atoms with Crippen LogP contribution in [-0.4, -0.2) is 18.9 Å². The summed E-state index contributed by atoms with van der Waals surface area (Å²) in [7, 11) is 0. The third-order valence-corrected chi connectivity index (χ3v) is 9.75. The number of carbonyl (C=O) groups excluding carboxylic acids is 1. The minimum atomic E-state index is -0.0625. The van der Waals surface area contributed by atoms with Gasteiger partial charge in [0, 0.05) is 0 Å². The van der Waals surface area contributed by atoms with Gasteiger partial charge in [-0.15, -0.1) is 0 Å². The lowest BCUT2D eigenvalue weighted by molar-refractivity contribution is -0.173. The van der Waals surface area contributed by atoms with Gasteiger partial charge >= 0.3 is 5.97 Å². The molecule has 4 aliphatic rings. The van der Waals surface area contributed by atoms with Gasteiger partial charge in [-0.2, -0.15) is 0 Å². The number of rotatable bonds is 6. The molecule has 0 aliphatic heterocycles. The molecule has 0 amide bonds. The molecule has 0 aromatic heterocycles. The summed E-state index contributed by atoms with van der Waals surface area (Å²) in [4.78, 5) is 12.5. The second-order valence-electron chi connectivity index (χ2n) is 10.8. The average molecular weight is 363 g/mol. The van der Waals surface area contributed by atoms with Gasteiger partial charge in [0.05, 0.1) is 12.0 Å². The van der Waals surface area contributed by atoms with Gasteiger partial charge in [-0.1, -0.05) is 34.6 Å². The maximum atomic E-state index is 12.5. The number of esters is 1. The first-order chi connectivity index (χ1) is 12.2. The number of ether oxygens (including phenoxy) is 2. The zero-order valence-electron chi connectivity index (χ0n) is 17.4. The Hall–Kier alpha value is -0.570. The Bertz CT molecular complexity index is 554. The van der Waals surface area contributed by atoms with Crippen LogP contribution in [0.25, 0.3) is 0 Å². The lowest BCUT2D eigenvalue weighted by atomic mass is 9.70. The van der Waals surface area contributed by atoms with Crippen LogP contribution in [0.2, 0.25) is 0 Å². The summed E-state index contributed by atoms with van der Waals surface area (Å²) in [6.45, 7) is 11.7. The van der Waals surface area contributed by atoms with E-state index in [1.807, 2.05) is 6.92 Å². The molecule has 0 radical (unpaired) electrons. The second-order valence-corrected chi connectivity index (χ2v) is 10.8. The monoisotopic (exact) mass is 362 g/mol. The van der Waals surface area contributed by atoms with E-state index in [9.17, 15) is 4.79 Å². The molecule has 3 heteroatoms. The van der Waals surface area contributed by atoms with Crippen molar-refractivity contribution in [2.75, 3.05) is 6.79 Å². The van der Waals surface area contributed by atoms with E-state index in [0.717, 1.165) is 42.4 Å². The Morgan fingerprint density at radius 1 is 1.12 bits per heavy atom. The summed E-state index contributed by atoms with van der Waals surface area (Å²) in [5.74, 6) is 3.98. The quantitative estimate of drug-likeness (QED) is 0.467. The molecule has 0 aromatic rings. The topological polar surface area (TPSA) is 35.5 Å². The number of hydrogen-bond donors (Lipinski definition) is 0. The van der Waals surface area contributed by atoms with E-state index in [4.69, 9.17) is 9.47 Å². The second kappa shape index (κ2) is 6.50. The van der Waals surface area contributed by atoms with Crippen molar-refractivity contribution < 1.29 is 14.3 Å². The zero-order valence-corrected chi connectivity index (χ0v) is 17.4. The van der Waals surface area contributed by atoms with Gasteiger partial charge < -0.3 is 9.47 Å². The standard InChI is InChI=1S/C23H38O3/c1-14(10-19-15(2)16-6-7-17(19)11-16)21(24)26-13-25-20-12-18-8-9-23(20,5)22(18,3)4/h14-20H,6-13H2,1-5H3. The molecule has 3 nitrogen and oxygen atoms in total. The van der Waals surface area contributed by atoms with Crippen LogP contribution < -0.4 is 0 Å². The van der Waals surface area contributed by atoms with Crippen molar-refractivity contribution in [3.63, 3.8) is 0 Å². The number of carbonyl (C=O) groups is 1. The Kier molecular flexibility index (Phi) is 4.69. The number of hydrogen-bond acceptors (Lipinski definition) is 3. The van der Waals surface area contributed by atoms with E-state index in [1.165, 1.54) is 32.1 Å². The summed E-state index contributed by atoms with van der Waals surface area (Å²) in [5.41, 5.74) is 0.571. The minimum Gasteiger partial charge on any atom is -0.438 e. The maximum Gasteiger partial charge on any atom is 0.310 e. The Labute approximate surface area is 159 Å². The first-order valence-electron chi connectivity index (χ1n) is 11.0. The average Bonchev–Trinajstić information content (AvgIpc) is 3.28. The fourth-order valence-electron chi connectivity index (χ4n) is 7.31. The highest BCUT2D eigenvalue weighted by Gasteiger charge is 2.62. The molecular weight excluding hydrogens is 324 g/mol. The van der Waals surface area contributed by atoms with Crippen molar-refractivity contribution in [1.82, 2.24) is 0 Å². The van der Waals surface area contributed by atoms with E-state index in [2.05, 4.69) is 27.7 Å². The highest BCUT2D eigenvalue weighted by molar-refractivity contribution is 5.71. The van der Waals surface area contributed by atoms with Gasteiger partial charge in [-0.25, -0.2) is 0 Å². The summed E-state index contributed by atoms with van der Waals surface area (Å²) in [6, 6.07) is 0. The van der Waals surface area contributed by atoms with Crippen LogP contribution in [0.3, 0.4) is 0 Å². The van der Waals surface area contributed by atoms with Crippen LogP contribution in [0.4, 0.5) is 0 Å². The minimum absolute atomic E-state index is 0.00235. The predicted molar refractivity (Wildman–Crippen MR) is 102 cm³/mol. The molecule has 4 aliphatic carbocycles. The maximum absolute atomic E-state index is 12.5. The Morgan fingerprint density at radius 3 is 2.42 bits per heavy atom. The fourth-order valence-corrected chi connectivity index (χ4v) is 7.31. The molecule has 0 N–H and O–H groups in total. The van der Waals surface area contributed by atoms with E-state index in [-0.39, 0.29) is 30.2 Å². The first-order valence-corrected chi connectivity index (χ1v) is 11.0. The van der Waals surface area contributed by atoms with Crippen molar-refractivity contribution in [2.45, 2.75) is 85.7 Å². The molecule has 0 saturated heterocycles. The van der Waals surface area contributed by atoms with Crippen LogP contribution in [-0.2, 0) is 14.3 Å². The molecule has 4 fully saturated rings. The van der Waals surface area contributed by atoms with Gasteiger partial charge in [-0.3, -0.25) is 4.79 Å². The third-order valence-electron chi connectivity index (χ3n) is 9.75. The van der Waals surface area contributed by atoms with Gasteiger partial charge in [0.1, 0.15) is 0 Å². The first kappa shape index (κ1) is 18.8. The normalized spacial score (nSPS) is 46.7. The van der Waals surface area contributed by atoms with Crippen LogP contribution in [0.5, 0.6) is 0 Å². The highest BCUT2D eigenvalue weighted by atomic mass is 16.7. The van der Waals surface area contributed by atoms with Crippen molar-refractivity contribution in [2.24, 2.45) is 46.3 Å². The van der Waals surface area contributed by atoms with Crippen LogP contribution in [0.1, 0.15) is 79.6 Å². The number of fused-ring (bicyclic) bond motifs is 4.